The highest BCUT2D eigenvalue weighted by Gasteiger charge is 2.22. The first kappa shape index (κ1) is 17.7. The molecule has 4 nitrogen and oxygen atoms in total. The van der Waals surface area contributed by atoms with Gasteiger partial charge in [-0.2, -0.15) is 0 Å². The van der Waals surface area contributed by atoms with Gasteiger partial charge in [0.25, 0.3) is 0 Å². The second-order valence-corrected chi connectivity index (χ2v) is 8.40. The molecule has 1 aromatic carbocycles. The normalized spacial score (nSPS) is 12.0. The lowest BCUT2D eigenvalue weighted by Gasteiger charge is -2.19. The molecule has 3 rings (SSSR count). The first-order valence-corrected chi connectivity index (χ1v) is 9.40. The molecular weight excluding hydrogens is 332 g/mol. The van der Waals surface area contributed by atoms with E-state index in [1.54, 1.807) is 0 Å². The molecule has 0 spiro atoms. The third-order valence-corrected chi connectivity index (χ3v) is 5.58. The van der Waals surface area contributed by atoms with Crippen LogP contribution in [-0.2, 0) is 11.8 Å². The fourth-order valence-electron chi connectivity index (χ4n) is 3.14. The molecule has 0 saturated heterocycles. The van der Waals surface area contributed by atoms with E-state index in [0.717, 1.165) is 40.4 Å². The van der Waals surface area contributed by atoms with Crippen molar-refractivity contribution in [3.05, 3.63) is 46.1 Å². The summed E-state index contributed by atoms with van der Waals surface area (Å²) in [5, 5.41) is 9.46. The van der Waals surface area contributed by atoms with E-state index in [2.05, 4.69) is 52.0 Å². The number of rotatable bonds is 4. The van der Waals surface area contributed by atoms with Crippen LogP contribution in [0.1, 0.15) is 60.7 Å². The van der Waals surface area contributed by atoms with Gasteiger partial charge in [-0.25, -0.2) is 9.78 Å². The van der Waals surface area contributed by atoms with E-state index in [4.69, 9.17) is 4.98 Å². The molecule has 0 atom stereocenters. The van der Waals surface area contributed by atoms with Crippen molar-refractivity contribution in [3.8, 4) is 11.3 Å². The number of carboxylic acids is 1. The fourth-order valence-corrected chi connectivity index (χ4v) is 4.20. The Labute approximate surface area is 152 Å². The van der Waals surface area contributed by atoms with E-state index >= 15 is 0 Å². The van der Waals surface area contributed by atoms with Gasteiger partial charge in [-0.3, -0.25) is 4.40 Å². The van der Waals surface area contributed by atoms with Gasteiger partial charge in [0.2, 0.25) is 0 Å². The average molecular weight is 356 g/mol. The Kier molecular flexibility index (Phi) is 4.45. The van der Waals surface area contributed by atoms with Gasteiger partial charge >= 0.3 is 5.97 Å². The first-order chi connectivity index (χ1) is 11.7. The number of hydrogen-bond donors (Lipinski definition) is 1. The average Bonchev–Trinajstić information content (AvgIpc) is 3.05. The van der Waals surface area contributed by atoms with Crippen LogP contribution < -0.4 is 0 Å². The Morgan fingerprint density at radius 1 is 1.24 bits per heavy atom. The van der Waals surface area contributed by atoms with Gasteiger partial charge in [-0.1, -0.05) is 69.7 Å². The van der Waals surface area contributed by atoms with Crippen molar-refractivity contribution >= 4 is 22.3 Å². The van der Waals surface area contributed by atoms with Gasteiger partial charge in [-0.15, -0.1) is 0 Å². The van der Waals surface area contributed by atoms with Crippen molar-refractivity contribution in [1.82, 2.24) is 9.38 Å². The van der Waals surface area contributed by atoms with Crippen LogP contribution in [0.5, 0.6) is 0 Å². The fraction of sp³-hybridized carbons (Fsp3) is 0.400. The molecule has 5 heteroatoms. The van der Waals surface area contributed by atoms with Crippen molar-refractivity contribution in [3.63, 3.8) is 0 Å². The summed E-state index contributed by atoms with van der Waals surface area (Å²) in [5.41, 5.74) is 5.27. The highest BCUT2D eigenvalue weighted by Crippen LogP contribution is 2.32. The molecule has 2 aromatic heterocycles. The summed E-state index contributed by atoms with van der Waals surface area (Å²) in [5.74, 6) is -0.866. The van der Waals surface area contributed by atoms with Gasteiger partial charge in [0.15, 0.2) is 4.96 Å². The number of thiazole rings is 1. The predicted molar refractivity (Wildman–Crippen MR) is 103 cm³/mol. The van der Waals surface area contributed by atoms with Crippen molar-refractivity contribution < 1.29 is 9.90 Å². The molecule has 0 saturated carbocycles. The molecule has 0 radical (unpaired) electrons. The molecule has 25 heavy (non-hydrogen) atoms. The summed E-state index contributed by atoms with van der Waals surface area (Å²) in [7, 11) is 0. The van der Waals surface area contributed by atoms with Gasteiger partial charge in [0, 0.05) is 17.0 Å². The SMILES string of the molecule is CCCc1c(C(=O)O)sc2nc(-c3ccc(C(C)(C)C)cc3)c(C)n12. The van der Waals surface area contributed by atoms with Crippen LogP contribution in [0.2, 0.25) is 0 Å². The lowest BCUT2D eigenvalue weighted by atomic mass is 9.86. The standard InChI is InChI=1S/C20H24N2O2S/c1-6-7-15-17(18(23)24)25-19-21-16(12(2)22(15)19)13-8-10-14(11-9-13)20(3,4)5/h8-11H,6-7H2,1-5H3,(H,23,24). The monoisotopic (exact) mass is 356 g/mol. The summed E-state index contributed by atoms with van der Waals surface area (Å²) >= 11 is 1.26. The van der Waals surface area contributed by atoms with E-state index in [0.29, 0.717) is 4.88 Å². The molecule has 0 fully saturated rings. The maximum Gasteiger partial charge on any atom is 0.347 e. The zero-order valence-electron chi connectivity index (χ0n) is 15.4. The van der Waals surface area contributed by atoms with Crippen LogP contribution >= 0.6 is 11.3 Å². The molecule has 3 aromatic rings. The van der Waals surface area contributed by atoms with Gasteiger partial charge in [0.05, 0.1) is 5.69 Å². The quantitative estimate of drug-likeness (QED) is 0.688. The van der Waals surface area contributed by atoms with Crippen LogP contribution in [-0.4, -0.2) is 20.5 Å². The lowest BCUT2D eigenvalue weighted by molar-refractivity contribution is 0.0700. The molecule has 0 aliphatic carbocycles. The number of aromatic carboxylic acids is 1. The Balaban J connectivity index is 2.12. The van der Waals surface area contributed by atoms with Gasteiger partial charge in [-0.05, 0) is 24.3 Å². The molecule has 0 aliphatic heterocycles. The lowest BCUT2D eigenvalue weighted by Crippen LogP contribution is -2.10. The summed E-state index contributed by atoms with van der Waals surface area (Å²) in [6.45, 7) is 10.7. The van der Waals surface area contributed by atoms with Gasteiger partial charge < -0.3 is 5.11 Å². The number of fused-ring (bicyclic) bond motifs is 1. The number of imidazole rings is 1. The maximum absolute atomic E-state index is 11.5. The Morgan fingerprint density at radius 3 is 2.40 bits per heavy atom. The Bertz CT molecular complexity index is 927. The number of hydrogen-bond acceptors (Lipinski definition) is 3. The highest BCUT2D eigenvalue weighted by molar-refractivity contribution is 7.19. The number of aromatic nitrogens is 2. The van der Waals surface area contributed by atoms with Crippen LogP contribution in [0.25, 0.3) is 16.2 Å². The molecule has 2 heterocycles. The Morgan fingerprint density at radius 2 is 1.88 bits per heavy atom. The Hall–Kier alpha value is -2.14. The van der Waals surface area contributed by atoms with Crippen molar-refractivity contribution in [2.24, 2.45) is 0 Å². The summed E-state index contributed by atoms with van der Waals surface area (Å²) in [6, 6.07) is 8.52. The van der Waals surface area contributed by atoms with Gasteiger partial charge in [0.1, 0.15) is 4.88 Å². The zero-order chi connectivity index (χ0) is 18.4. The number of aryl methyl sites for hydroxylation is 2. The summed E-state index contributed by atoms with van der Waals surface area (Å²) in [4.78, 5) is 17.4. The van der Waals surface area contributed by atoms with Crippen molar-refractivity contribution in [2.75, 3.05) is 0 Å². The second-order valence-electron chi connectivity index (χ2n) is 7.42. The zero-order valence-corrected chi connectivity index (χ0v) is 16.2. The predicted octanol–water partition coefficient (Wildman–Crippen LogP) is 5.32. The summed E-state index contributed by atoms with van der Waals surface area (Å²) < 4.78 is 2.02. The minimum Gasteiger partial charge on any atom is -0.477 e. The second kappa shape index (κ2) is 6.30. The third kappa shape index (κ3) is 3.09. The van der Waals surface area contributed by atoms with Crippen LogP contribution in [0.3, 0.4) is 0 Å². The number of nitrogens with zero attached hydrogens (tertiary/aromatic N) is 2. The minimum absolute atomic E-state index is 0.118. The molecule has 0 amide bonds. The highest BCUT2D eigenvalue weighted by atomic mass is 32.1. The molecule has 0 bridgehead atoms. The van der Waals surface area contributed by atoms with E-state index in [1.807, 2.05) is 11.3 Å². The van der Waals surface area contributed by atoms with E-state index in [-0.39, 0.29) is 5.41 Å². The molecule has 0 unspecified atom stereocenters. The van der Waals surface area contributed by atoms with Crippen molar-refractivity contribution in [1.29, 1.82) is 0 Å². The first-order valence-electron chi connectivity index (χ1n) is 8.59. The van der Waals surface area contributed by atoms with E-state index in [1.165, 1.54) is 16.9 Å². The third-order valence-electron chi connectivity index (χ3n) is 4.51. The minimum atomic E-state index is -0.866. The van der Waals surface area contributed by atoms with E-state index < -0.39 is 5.97 Å². The number of carboxylic acid groups (broad SMARTS) is 1. The number of benzene rings is 1. The molecule has 1 N–H and O–H groups in total. The van der Waals surface area contributed by atoms with Crippen LogP contribution in [0.15, 0.2) is 24.3 Å². The van der Waals surface area contributed by atoms with Crippen LogP contribution in [0.4, 0.5) is 0 Å². The van der Waals surface area contributed by atoms with Crippen LogP contribution in [0, 0.1) is 6.92 Å². The topological polar surface area (TPSA) is 54.6 Å². The molecule has 132 valence electrons. The largest absolute Gasteiger partial charge is 0.477 e. The van der Waals surface area contributed by atoms with E-state index in [9.17, 15) is 9.90 Å². The maximum atomic E-state index is 11.5. The molecule has 0 aliphatic rings. The summed E-state index contributed by atoms with van der Waals surface area (Å²) in [6.07, 6.45) is 1.64. The smallest absolute Gasteiger partial charge is 0.347 e. The number of carbonyl (C=O) groups is 1. The van der Waals surface area contributed by atoms with Crippen molar-refractivity contribution in [2.45, 2.75) is 52.9 Å². The molecular formula is C20H24N2O2S.